The Balaban J connectivity index is 1.96. The quantitative estimate of drug-likeness (QED) is 0.563. The molecule has 2 N–H and O–H groups in total. The smallest absolute Gasteiger partial charge is 0.259 e. The SMILES string of the molecule is CCCCCCOc1ccccc1C(=O)Nc1ccc(NC(=O)CC)cc1. The number of anilines is 2. The largest absolute Gasteiger partial charge is 0.493 e. The number of unbranched alkanes of at least 4 members (excludes halogenated alkanes) is 3. The Morgan fingerprint density at radius 2 is 1.52 bits per heavy atom. The lowest BCUT2D eigenvalue weighted by atomic mass is 10.1. The molecule has 2 amide bonds. The summed E-state index contributed by atoms with van der Waals surface area (Å²) in [5.41, 5.74) is 1.87. The van der Waals surface area contributed by atoms with Crippen molar-refractivity contribution in [3.8, 4) is 5.75 Å². The molecule has 0 fully saturated rings. The molecule has 5 nitrogen and oxygen atoms in total. The van der Waals surface area contributed by atoms with Crippen LogP contribution in [0.2, 0.25) is 0 Å². The summed E-state index contributed by atoms with van der Waals surface area (Å²) in [4.78, 5) is 24.0. The molecule has 144 valence electrons. The lowest BCUT2D eigenvalue weighted by molar-refractivity contribution is -0.115. The number of hydrogen-bond acceptors (Lipinski definition) is 3. The van der Waals surface area contributed by atoms with E-state index in [1.165, 1.54) is 12.8 Å². The van der Waals surface area contributed by atoms with E-state index in [9.17, 15) is 9.59 Å². The minimum Gasteiger partial charge on any atom is -0.493 e. The third-order valence-corrected chi connectivity index (χ3v) is 4.13. The number of rotatable bonds is 10. The highest BCUT2D eigenvalue weighted by Crippen LogP contribution is 2.21. The van der Waals surface area contributed by atoms with Crippen LogP contribution in [0.1, 0.15) is 56.3 Å². The molecule has 0 saturated heterocycles. The molecule has 0 aliphatic heterocycles. The van der Waals surface area contributed by atoms with Crippen LogP contribution in [-0.4, -0.2) is 18.4 Å². The Morgan fingerprint density at radius 3 is 2.19 bits per heavy atom. The number of hydrogen-bond donors (Lipinski definition) is 2. The predicted molar refractivity (Wildman–Crippen MR) is 109 cm³/mol. The predicted octanol–water partition coefficient (Wildman–Crippen LogP) is 5.25. The van der Waals surface area contributed by atoms with Crippen LogP contribution in [0, 0.1) is 0 Å². The van der Waals surface area contributed by atoms with E-state index in [2.05, 4.69) is 17.6 Å². The van der Waals surface area contributed by atoms with Crippen LogP contribution < -0.4 is 15.4 Å². The fourth-order valence-corrected chi connectivity index (χ4v) is 2.58. The number of carbonyl (C=O) groups is 2. The average Bonchev–Trinajstić information content (AvgIpc) is 2.69. The van der Waals surface area contributed by atoms with Crippen LogP contribution in [-0.2, 0) is 4.79 Å². The second-order valence-electron chi connectivity index (χ2n) is 6.34. The van der Waals surface area contributed by atoms with Gasteiger partial charge in [0.2, 0.25) is 5.91 Å². The zero-order valence-electron chi connectivity index (χ0n) is 16.1. The van der Waals surface area contributed by atoms with E-state index < -0.39 is 0 Å². The fourth-order valence-electron chi connectivity index (χ4n) is 2.58. The second-order valence-corrected chi connectivity index (χ2v) is 6.34. The van der Waals surface area contributed by atoms with E-state index in [1.54, 1.807) is 37.3 Å². The molecule has 0 saturated carbocycles. The van der Waals surface area contributed by atoms with Gasteiger partial charge in [-0.1, -0.05) is 45.2 Å². The molecule has 0 bridgehead atoms. The van der Waals surface area contributed by atoms with E-state index >= 15 is 0 Å². The van der Waals surface area contributed by atoms with Gasteiger partial charge in [0.05, 0.1) is 12.2 Å². The van der Waals surface area contributed by atoms with Gasteiger partial charge in [-0.2, -0.15) is 0 Å². The van der Waals surface area contributed by atoms with Gasteiger partial charge < -0.3 is 15.4 Å². The molecule has 0 atom stereocenters. The zero-order valence-corrected chi connectivity index (χ0v) is 16.1. The van der Waals surface area contributed by atoms with E-state index in [0.29, 0.717) is 35.7 Å². The number of amides is 2. The van der Waals surface area contributed by atoms with Crippen molar-refractivity contribution in [1.82, 2.24) is 0 Å². The highest BCUT2D eigenvalue weighted by Gasteiger charge is 2.12. The van der Waals surface area contributed by atoms with Crippen LogP contribution in [0.4, 0.5) is 11.4 Å². The number of para-hydroxylation sites is 1. The Hall–Kier alpha value is -2.82. The highest BCUT2D eigenvalue weighted by atomic mass is 16.5. The lowest BCUT2D eigenvalue weighted by Gasteiger charge is -2.12. The minimum atomic E-state index is -0.218. The summed E-state index contributed by atoms with van der Waals surface area (Å²) < 4.78 is 5.81. The first-order chi connectivity index (χ1) is 13.1. The molecule has 27 heavy (non-hydrogen) atoms. The van der Waals surface area contributed by atoms with E-state index in [4.69, 9.17) is 4.74 Å². The monoisotopic (exact) mass is 368 g/mol. The minimum absolute atomic E-state index is 0.0446. The third-order valence-electron chi connectivity index (χ3n) is 4.13. The van der Waals surface area contributed by atoms with E-state index in [0.717, 1.165) is 12.8 Å². The summed E-state index contributed by atoms with van der Waals surface area (Å²) >= 11 is 0. The summed E-state index contributed by atoms with van der Waals surface area (Å²) in [5.74, 6) is 0.333. The van der Waals surface area contributed by atoms with Gasteiger partial charge in [0.25, 0.3) is 5.91 Å². The number of ether oxygens (including phenoxy) is 1. The summed E-state index contributed by atoms with van der Waals surface area (Å²) in [6.07, 6.45) is 4.91. The van der Waals surface area contributed by atoms with Gasteiger partial charge in [0, 0.05) is 17.8 Å². The molecule has 2 rings (SSSR count). The molecule has 2 aromatic carbocycles. The number of benzene rings is 2. The number of carbonyl (C=O) groups excluding carboxylic acids is 2. The molecule has 0 heterocycles. The van der Waals surface area contributed by atoms with Crippen molar-refractivity contribution in [3.05, 3.63) is 54.1 Å². The zero-order chi connectivity index (χ0) is 19.5. The van der Waals surface area contributed by atoms with Gasteiger partial charge in [0.1, 0.15) is 5.75 Å². The topological polar surface area (TPSA) is 67.4 Å². The maximum Gasteiger partial charge on any atom is 0.259 e. The molecule has 0 radical (unpaired) electrons. The van der Waals surface area contributed by atoms with Crippen molar-refractivity contribution in [3.63, 3.8) is 0 Å². The average molecular weight is 368 g/mol. The van der Waals surface area contributed by atoms with Crippen molar-refractivity contribution in [1.29, 1.82) is 0 Å². The Bertz CT molecular complexity index is 741. The molecule has 5 heteroatoms. The Kier molecular flexibility index (Phi) is 8.36. The summed E-state index contributed by atoms with van der Waals surface area (Å²) in [5, 5.41) is 5.65. The molecular formula is C22H28N2O3. The van der Waals surface area contributed by atoms with Gasteiger partial charge in [-0.15, -0.1) is 0 Å². The van der Waals surface area contributed by atoms with Crippen molar-refractivity contribution >= 4 is 23.2 Å². The first-order valence-corrected chi connectivity index (χ1v) is 9.57. The maximum absolute atomic E-state index is 12.6. The normalized spacial score (nSPS) is 10.3. The molecular weight excluding hydrogens is 340 g/mol. The van der Waals surface area contributed by atoms with Crippen molar-refractivity contribution in [2.75, 3.05) is 17.2 Å². The molecule has 0 aliphatic carbocycles. The van der Waals surface area contributed by atoms with E-state index in [1.807, 2.05) is 18.2 Å². The molecule has 2 aromatic rings. The molecule has 0 aliphatic rings. The molecule has 0 unspecified atom stereocenters. The van der Waals surface area contributed by atoms with E-state index in [-0.39, 0.29) is 11.8 Å². The van der Waals surface area contributed by atoms with Crippen LogP contribution in [0.25, 0.3) is 0 Å². The summed E-state index contributed by atoms with van der Waals surface area (Å²) in [7, 11) is 0. The Labute approximate surface area is 161 Å². The van der Waals surface area contributed by atoms with Crippen LogP contribution in [0.15, 0.2) is 48.5 Å². The second kappa shape index (κ2) is 11.0. The fraction of sp³-hybridized carbons (Fsp3) is 0.364. The molecule has 0 aromatic heterocycles. The third kappa shape index (κ3) is 6.77. The van der Waals surface area contributed by atoms with Gasteiger partial charge in [-0.05, 0) is 42.8 Å². The van der Waals surface area contributed by atoms with Gasteiger partial charge in [0.15, 0.2) is 0 Å². The first-order valence-electron chi connectivity index (χ1n) is 9.57. The standard InChI is InChI=1S/C22H28N2O3/c1-3-5-6-9-16-27-20-11-8-7-10-19(20)22(26)24-18-14-12-17(13-15-18)23-21(25)4-2/h7-8,10-15H,3-6,9,16H2,1-2H3,(H,23,25)(H,24,26). The first kappa shape index (κ1) is 20.5. The van der Waals surface area contributed by atoms with Crippen molar-refractivity contribution in [2.45, 2.75) is 46.0 Å². The summed E-state index contributed by atoms with van der Waals surface area (Å²) in [6.45, 7) is 4.58. The maximum atomic E-state index is 12.6. The van der Waals surface area contributed by atoms with Gasteiger partial charge in [-0.25, -0.2) is 0 Å². The van der Waals surface area contributed by atoms with Crippen LogP contribution in [0.5, 0.6) is 5.75 Å². The van der Waals surface area contributed by atoms with Crippen molar-refractivity contribution in [2.24, 2.45) is 0 Å². The highest BCUT2D eigenvalue weighted by molar-refractivity contribution is 6.06. The van der Waals surface area contributed by atoms with Crippen LogP contribution >= 0.6 is 0 Å². The Morgan fingerprint density at radius 1 is 0.852 bits per heavy atom. The molecule has 0 spiro atoms. The number of nitrogens with one attached hydrogen (secondary N) is 2. The van der Waals surface area contributed by atoms with Gasteiger partial charge in [-0.3, -0.25) is 9.59 Å². The van der Waals surface area contributed by atoms with Crippen molar-refractivity contribution < 1.29 is 14.3 Å². The lowest BCUT2D eigenvalue weighted by Crippen LogP contribution is -2.14. The van der Waals surface area contributed by atoms with Gasteiger partial charge >= 0.3 is 0 Å². The summed E-state index contributed by atoms with van der Waals surface area (Å²) in [6, 6.07) is 14.3. The van der Waals surface area contributed by atoms with Crippen LogP contribution in [0.3, 0.4) is 0 Å².